The standard InChI is InChI=1S/C7H13N/c1-6-4-5-7(2)8(6)3/h3,6-7H,4-5H2,1-2H3. The van der Waals surface area contributed by atoms with Crippen molar-refractivity contribution in [3.05, 3.63) is 7.05 Å². The molecule has 0 N–H and O–H groups in total. The second-order valence-corrected chi connectivity index (χ2v) is 2.72. The van der Waals surface area contributed by atoms with E-state index in [1.54, 1.807) is 0 Å². The molecule has 0 aliphatic carbocycles. The Labute approximate surface area is 51.7 Å². The van der Waals surface area contributed by atoms with Crippen LogP contribution in [0.25, 0.3) is 0 Å². The number of hydrogen-bond donors (Lipinski definition) is 0. The van der Waals surface area contributed by atoms with Gasteiger partial charge in [0, 0.05) is 19.1 Å². The van der Waals surface area contributed by atoms with Crippen molar-refractivity contribution in [3.8, 4) is 0 Å². The van der Waals surface area contributed by atoms with Crippen molar-refractivity contribution in [2.75, 3.05) is 0 Å². The quantitative estimate of drug-likeness (QED) is 0.458. The van der Waals surface area contributed by atoms with Crippen LogP contribution in [0.4, 0.5) is 0 Å². The van der Waals surface area contributed by atoms with Crippen molar-refractivity contribution in [1.82, 2.24) is 4.90 Å². The number of likely N-dealkylation sites (tertiary alicyclic amines) is 1. The molecule has 1 nitrogen and oxygen atoms in total. The zero-order valence-corrected chi connectivity index (χ0v) is 5.59. The van der Waals surface area contributed by atoms with Crippen LogP contribution in [-0.4, -0.2) is 17.0 Å². The Morgan fingerprint density at radius 2 is 1.62 bits per heavy atom. The predicted molar refractivity (Wildman–Crippen MR) is 34.3 cm³/mol. The van der Waals surface area contributed by atoms with Crippen LogP contribution in [-0.2, 0) is 0 Å². The van der Waals surface area contributed by atoms with Gasteiger partial charge in [0.05, 0.1) is 0 Å². The molecule has 1 saturated heterocycles. The van der Waals surface area contributed by atoms with E-state index in [0.29, 0.717) is 12.1 Å². The summed E-state index contributed by atoms with van der Waals surface area (Å²) in [5.74, 6) is 0. The summed E-state index contributed by atoms with van der Waals surface area (Å²) >= 11 is 0. The molecule has 2 radical (unpaired) electrons. The maximum atomic E-state index is 5.66. The van der Waals surface area contributed by atoms with Crippen molar-refractivity contribution in [1.29, 1.82) is 0 Å². The van der Waals surface area contributed by atoms with Gasteiger partial charge in [-0.3, -0.25) is 4.90 Å². The third-order valence-corrected chi connectivity index (χ3v) is 2.02. The third-order valence-electron chi connectivity index (χ3n) is 2.02. The molecule has 1 heteroatoms. The third kappa shape index (κ3) is 0.873. The van der Waals surface area contributed by atoms with Gasteiger partial charge in [0.15, 0.2) is 0 Å². The lowest BCUT2D eigenvalue weighted by Gasteiger charge is -2.17. The summed E-state index contributed by atoms with van der Waals surface area (Å²) in [6.07, 6.45) is 2.52. The van der Waals surface area contributed by atoms with Crippen LogP contribution in [0.2, 0.25) is 0 Å². The van der Waals surface area contributed by atoms with E-state index >= 15 is 0 Å². The monoisotopic (exact) mass is 111 g/mol. The molecule has 8 heavy (non-hydrogen) atoms. The molecule has 0 bridgehead atoms. The van der Waals surface area contributed by atoms with Crippen LogP contribution in [0.3, 0.4) is 0 Å². The minimum atomic E-state index is 0.602. The highest BCUT2D eigenvalue weighted by atomic mass is 15.2. The smallest absolute Gasteiger partial charge is 0.0444 e. The van der Waals surface area contributed by atoms with Crippen molar-refractivity contribution >= 4 is 0 Å². The lowest BCUT2D eigenvalue weighted by Crippen LogP contribution is -2.25. The highest BCUT2D eigenvalue weighted by Gasteiger charge is 2.22. The van der Waals surface area contributed by atoms with Gasteiger partial charge in [-0.15, -0.1) is 0 Å². The topological polar surface area (TPSA) is 3.24 Å². The predicted octanol–water partition coefficient (Wildman–Crippen LogP) is 1.53. The molecule has 1 heterocycles. The maximum absolute atomic E-state index is 5.66. The van der Waals surface area contributed by atoms with Crippen molar-refractivity contribution in [3.63, 3.8) is 0 Å². The fraction of sp³-hybridized carbons (Fsp3) is 0.857. The molecule has 1 aliphatic rings. The summed E-state index contributed by atoms with van der Waals surface area (Å²) in [4.78, 5) is 1.94. The molecule has 1 rings (SSSR count). The van der Waals surface area contributed by atoms with Crippen LogP contribution >= 0.6 is 0 Å². The van der Waals surface area contributed by atoms with Gasteiger partial charge >= 0.3 is 0 Å². The zero-order valence-electron chi connectivity index (χ0n) is 5.59. The normalized spacial score (nSPS) is 40.9. The Hall–Kier alpha value is -0.0400. The fourth-order valence-electron chi connectivity index (χ4n) is 1.21. The summed E-state index contributed by atoms with van der Waals surface area (Å²) in [6, 6.07) is 1.20. The van der Waals surface area contributed by atoms with E-state index in [1.165, 1.54) is 12.8 Å². The van der Waals surface area contributed by atoms with E-state index in [9.17, 15) is 0 Å². The summed E-state index contributed by atoms with van der Waals surface area (Å²) < 4.78 is 0. The molecular formula is C7H13N. The highest BCUT2D eigenvalue weighted by Crippen LogP contribution is 2.21. The van der Waals surface area contributed by atoms with Crippen molar-refractivity contribution < 1.29 is 0 Å². The first-order chi connectivity index (χ1) is 3.72. The lowest BCUT2D eigenvalue weighted by atomic mass is 10.2. The Balaban J connectivity index is 2.44. The van der Waals surface area contributed by atoms with E-state index in [2.05, 4.69) is 13.8 Å². The number of nitrogens with zero attached hydrogens (tertiary/aromatic N) is 1. The van der Waals surface area contributed by atoms with Gasteiger partial charge in [-0.2, -0.15) is 0 Å². The van der Waals surface area contributed by atoms with Crippen LogP contribution in [0.5, 0.6) is 0 Å². The van der Waals surface area contributed by atoms with E-state index < -0.39 is 0 Å². The number of hydrogen-bond acceptors (Lipinski definition) is 1. The van der Waals surface area contributed by atoms with Gasteiger partial charge in [0.25, 0.3) is 0 Å². The van der Waals surface area contributed by atoms with Crippen LogP contribution in [0.15, 0.2) is 0 Å². The van der Waals surface area contributed by atoms with Crippen LogP contribution < -0.4 is 0 Å². The number of rotatable bonds is 0. The zero-order chi connectivity index (χ0) is 6.15. The molecule has 0 amide bonds. The molecule has 0 aromatic rings. The second kappa shape index (κ2) is 2.06. The average Bonchev–Trinajstić information content (AvgIpc) is 1.98. The van der Waals surface area contributed by atoms with Gasteiger partial charge in [0.2, 0.25) is 0 Å². The molecule has 2 unspecified atom stereocenters. The average molecular weight is 111 g/mol. The molecule has 1 fully saturated rings. The minimum absolute atomic E-state index is 0.602. The summed E-state index contributed by atoms with van der Waals surface area (Å²) in [5.41, 5.74) is 0. The molecule has 0 spiro atoms. The van der Waals surface area contributed by atoms with Gasteiger partial charge in [0.1, 0.15) is 0 Å². The van der Waals surface area contributed by atoms with Gasteiger partial charge in [-0.05, 0) is 26.7 Å². The van der Waals surface area contributed by atoms with Gasteiger partial charge in [-0.25, -0.2) is 0 Å². The molecular weight excluding hydrogens is 98.1 g/mol. The Morgan fingerprint density at radius 1 is 1.25 bits per heavy atom. The fourth-order valence-corrected chi connectivity index (χ4v) is 1.21. The molecule has 0 saturated carbocycles. The van der Waals surface area contributed by atoms with Gasteiger partial charge < -0.3 is 0 Å². The second-order valence-electron chi connectivity index (χ2n) is 2.72. The van der Waals surface area contributed by atoms with E-state index in [-0.39, 0.29) is 0 Å². The first-order valence-corrected chi connectivity index (χ1v) is 3.25. The summed E-state index contributed by atoms with van der Waals surface area (Å²) in [7, 11) is 5.66. The molecule has 0 aromatic carbocycles. The Morgan fingerprint density at radius 3 is 1.75 bits per heavy atom. The summed E-state index contributed by atoms with van der Waals surface area (Å²) in [5, 5.41) is 0. The Kier molecular flexibility index (Phi) is 1.57. The molecule has 2 atom stereocenters. The van der Waals surface area contributed by atoms with Crippen LogP contribution in [0, 0.1) is 7.05 Å². The lowest BCUT2D eigenvalue weighted by molar-refractivity contribution is 0.300. The summed E-state index contributed by atoms with van der Waals surface area (Å²) in [6.45, 7) is 4.34. The van der Waals surface area contributed by atoms with Crippen molar-refractivity contribution in [2.24, 2.45) is 0 Å². The van der Waals surface area contributed by atoms with Crippen molar-refractivity contribution in [2.45, 2.75) is 38.8 Å². The van der Waals surface area contributed by atoms with E-state index in [4.69, 9.17) is 7.05 Å². The van der Waals surface area contributed by atoms with Gasteiger partial charge in [-0.1, -0.05) is 0 Å². The first kappa shape index (κ1) is 6.09. The largest absolute Gasteiger partial charge is 0.292 e. The van der Waals surface area contributed by atoms with Crippen LogP contribution in [0.1, 0.15) is 26.7 Å². The van der Waals surface area contributed by atoms with E-state index in [0.717, 1.165) is 0 Å². The van der Waals surface area contributed by atoms with E-state index in [1.807, 2.05) is 4.90 Å². The minimum Gasteiger partial charge on any atom is -0.292 e. The SMILES string of the molecule is [CH]N1C(C)CCC1C. The highest BCUT2D eigenvalue weighted by molar-refractivity contribution is 4.80. The first-order valence-electron chi connectivity index (χ1n) is 3.25. The Bertz CT molecular complexity index is 70.5. The maximum Gasteiger partial charge on any atom is 0.0444 e. The molecule has 46 valence electrons. The molecule has 1 aliphatic heterocycles. The molecule has 0 aromatic heterocycles.